The fourth-order valence-corrected chi connectivity index (χ4v) is 4.06. The number of hydrogen-bond acceptors (Lipinski definition) is 4. The van der Waals surface area contributed by atoms with Gasteiger partial charge in [-0.3, -0.25) is 0 Å². The zero-order chi connectivity index (χ0) is 19.1. The number of hydrogen-bond donors (Lipinski definition) is 0. The van der Waals surface area contributed by atoms with E-state index in [1.807, 2.05) is 67.6 Å². The number of nitrogens with zero attached hydrogens (tertiary/aromatic N) is 2. The normalized spacial score (nSPS) is 11.5. The van der Waals surface area contributed by atoms with Crippen LogP contribution >= 0.6 is 0 Å². The largest absolute Gasteiger partial charge is 0.478 e. The first-order valence-corrected chi connectivity index (χ1v) is 10.2. The standard InChI is InChI=1S/C21H22N2O3S/c1-2-26-21-14-13-20(15-22-21)27(24,25)23(16-18-9-5-3-6-10-18)17-19-11-7-4-8-12-19/h3-15H,2,16-17H2,1H3. The highest BCUT2D eigenvalue weighted by Gasteiger charge is 2.25. The fraction of sp³-hybridized carbons (Fsp3) is 0.190. The second-order valence-electron chi connectivity index (χ2n) is 6.01. The summed E-state index contributed by atoms with van der Waals surface area (Å²) in [6.45, 7) is 2.90. The van der Waals surface area contributed by atoms with Gasteiger partial charge in [0.15, 0.2) is 0 Å². The van der Waals surface area contributed by atoms with Crippen molar-refractivity contribution in [2.45, 2.75) is 24.9 Å². The number of pyridine rings is 1. The van der Waals surface area contributed by atoms with Crippen LogP contribution in [0.25, 0.3) is 0 Å². The zero-order valence-corrected chi connectivity index (χ0v) is 16.0. The molecule has 0 saturated heterocycles. The lowest BCUT2D eigenvalue weighted by Crippen LogP contribution is -2.30. The molecule has 0 aliphatic carbocycles. The van der Waals surface area contributed by atoms with Crippen molar-refractivity contribution in [3.05, 3.63) is 90.1 Å². The summed E-state index contributed by atoms with van der Waals surface area (Å²) in [5.74, 6) is 0.411. The van der Waals surface area contributed by atoms with Crippen molar-refractivity contribution >= 4 is 10.0 Å². The lowest BCUT2D eigenvalue weighted by molar-refractivity contribution is 0.326. The summed E-state index contributed by atoms with van der Waals surface area (Å²) in [5.41, 5.74) is 1.85. The highest BCUT2D eigenvalue weighted by molar-refractivity contribution is 7.89. The Kier molecular flexibility index (Phi) is 6.21. The van der Waals surface area contributed by atoms with Crippen molar-refractivity contribution in [1.82, 2.24) is 9.29 Å². The first kappa shape index (κ1) is 19.1. The van der Waals surface area contributed by atoms with Gasteiger partial charge in [0, 0.05) is 19.2 Å². The quantitative estimate of drug-likeness (QED) is 0.593. The molecule has 0 bridgehead atoms. The van der Waals surface area contributed by atoms with E-state index in [1.165, 1.54) is 16.6 Å². The predicted molar refractivity (Wildman–Crippen MR) is 105 cm³/mol. The third kappa shape index (κ3) is 4.93. The molecule has 0 saturated carbocycles. The first-order chi connectivity index (χ1) is 13.1. The molecule has 1 aromatic heterocycles. The molecule has 27 heavy (non-hydrogen) atoms. The topological polar surface area (TPSA) is 59.5 Å². The van der Waals surface area contributed by atoms with Gasteiger partial charge in [0.05, 0.1) is 12.8 Å². The molecule has 6 heteroatoms. The summed E-state index contributed by atoms with van der Waals surface area (Å²) in [6, 6.07) is 22.2. The highest BCUT2D eigenvalue weighted by atomic mass is 32.2. The Labute approximate surface area is 160 Å². The molecule has 3 aromatic rings. The minimum Gasteiger partial charge on any atom is -0.478 e. The van der Waals surface area contributed by atoms with E-state index in [9.17, 15) is 8.42 Å². The van der Waals surface area contributed by atoms with Crippen LogP contribution in [0.5, 0.6) is 5.88 Å². The molecule has 0 amide bonds. The minimum absolute atomic E-state index is 0.151. The lowest BCUT2D eigenvalue weighted by atomic mass is 10.2. The average molecular weight is 382 g/mol. The molecule has 0 aliphatic heterocycles. The van der Waals surface area contributed by atoms with Gasteiger partial charge in [0.2, 0.25) is 15.9 Å². The molecule has 2 aromatic carbocycles. The van der Waals surface area contributed by atoms with Crippen molar-refractivity contribution < 1.29 is 13.2 Å². The highest BCUT2D eigenvalue weighted by Crippen LogP contribution is 2.22. The Morgan fingerprint density at radius 1 is 0.852 bits per heavy atom. The van der Waals surface area contributed by atoms with Gasteiger partial charge in [-0.25, -0.2) is 13.4 Å². The molecule has 0 N–H and O–H groups in total. The molecule has 0 unspecified atom stereocenters. The molecule has 140 valence electrons. The van der Waals surface area contributed by atoms with E-state index in [0.717, 1.165) is 11.1 Å². The SMILES string of the molecule is CCOc1ccc(S(=O)(=O)N(Cc2ccccc2)Cc2ccccc2)cn1. The lowest BCUT2D eigenvalue weighted by Gasteiger charge is -2.22. The van der Waals surface area contributed by atoms with Crippen LogP contribution in [0, 0.1) is 0 Å². The van der Waals surface area contributed by atoms with Crippen LogP contribution in [-0.4, -0.2) is 24.3 Å². The monoisotopic (exact) mass is 382 g/mol. The maximum absolute atomic E-state index is 13.3. The molecular weight excluding hydrogens is 360 g/mol. The van der Waals surface area contributed by atoms with Crippen LogP contribution in [-0.2, 0) is 23.1 Å². The molecular formula is C21H22N2O3S. The van der Waals surface area contributed by atoms with Crippen LogP contribution in [0.1, 0.15) is 18.1 Å². The summed E-state index contributed by atoms with van der Waals surface area (Å²) in [4.78, 5) is 4.25. The molecule has 0 aliphatic rings. The molecule has 0 fully saturated rings. The van der Waals surface area contributed by atoms with Crippen molar-refractivity contribution in [2.24, 2.45) is 0 Å². The average Bonchev–Trinajstić information content (AvgIpc) is 2.70. The first-order valence-electron chi connectivity index (χ1n) is 8.76. The van der Waals surface area contributed by atoms with Crippen LogP contribution in [0.4, 0.5) is 0 Å². The van der Waals surface area contributed by atoms with E-state index in [1.54, 1.807) is 6.07 Å². The third-order valence-electron chi connectivity index (χ3n) is 4.04. The van der Waals surface area contributed by atoms with E-state index in [-0.39, 0.29) is 18.0 Å². The van der Waals surface area contributed by atoms with Crippen LogP contribution in [0.3, 0.4) is 0 Å². The van der Waals surface area contributed by atoms with E-state index in [4.69, 9.17) is 4.74 Å². The second kappa shape index (κ2) is 8.79. The van der Waals surface area contributed by atoms with E-state index >= 15 is 0 Å². The Hall–Kier alpha value is -2.70. The van der Waals surface area contributed by atoms with Crippen molar-refractivity contribution in [3.8, 4) is 5.88 Å². The van der Waals surface area contributed by atoms with Gasteiger partial charge in [-0.15, -0.1) is 0 Å². The smallest absolute Gasteiger partial charge is 0.245 e. The molecule has 1 heterocycles. The Bertz CT molecular complexity index is 902. The summed E-state index contributed by atoms with van der Waals surface area (Å²) in [5, 5.41) is 0. The van der Waals surface area contributed by atoms with Crippen molar-refractivity contribution in [3.63, 3.8) is 0 Å². The molecule has 3 rings (SSSR count). The number of ether oxygens (including phenoxy) is 1. The van der Waals surface area contributed by atoms with Crippen molar-refractivity contribution in [1.29, 1.82) is 0 Å². The molecule has 0 radical (unpaired) electrons. The summed E-state index contributed by atoms with van der Waals surface area (Å²) in [7, 11) is -3.71. The van der Waals surface area contributed by atoms with Gasteiger partial charge in [-0.2, -0.15) is 4.31 Å². The summed E-state index contributed by atoms with van der Waals surface area (Å²) < 4.78 is 33.3. The van der Waals surface area contributed by atoms with Crippen LogP contribution in [0.15, 0.2) is 83.9 Å². The minimum atomic E-state index is -3.71. The van der Waals surface area contributed by atoms with E-state index in [0.29, 0.717) is 12.5 Å². The molecule has 0 atom stereocenters. The maximum atomic E-state index is 13.3. The van der Waals surface area contributed by atoms with E-state index in [2.05, 4.69) is 4.98 Å². The van der Waals surface area contributed by atoms with Crippen LogP contribution in [0.2, 0.25) is 0 Å². The Balaban J connectivity index is 1.92. The van der Waals surface area contributed by atoms with Gasteiger partial charge >= 0.3 is 0 Å². The third-order valence-corrected chi connectivity index (χ3v) is 5.82. The number of benzene rings is 2. The number of rotatable bonds is 8. The predicted octanol–water partition coefficient (Wildman–Crippen LogP) is 3.87. The van der Waals surface area contributed by atoms with Gasteiger partial charge in [-0.1, -0.05) is 60.7 Å². The molecule has 5 nitrogen and oxygen atoms in total. The zero-order valence-electron chi connectivity index (χ0n) is 15.2. The van der Waals surface area contributed by atoms with Gasteiger partial charge in [-0.05, 0) is 24.1 Å². The maximum Gasteiger partial charge on any atom is 0.245 e. The second-order valence-corrected chi connectivity index (χ2v) is 7.95. The number of sulfonamides is 1. The van der Waals surface area contributed by atoms with Crippen molar-refractivity contribution in [2.75, 3.05) is 6.61 Å². The van der Waals surface area contributed by atoms with Gasteiger partial charge < -0.3 is 4.74 Å². The Morgan fingerprint density at radius 3 is 1.85 bits per heavy atom. The summed E-state index contributed by atoms with van der Waals surface area (Å²) in [6.07, 6.45) is 1.35. The van der Waals surface area contributed by atoms with E-state index < -0.39 is 10.0 Å². The van der Waals surface area contributed by atoms with Crippen LogP contribution < -0.4 is 4.74 Å². The Morgan fingerprint density at radius 2 is 1.41 bits per heavy atom. The molecule has 0 spiro atoms. The summed E-state index contributed by atoms with van der Waals surface area (Å²) >= 11 is 0. The van der Waals surface area contributed by atoms with Gasteiger partial charge in [0.1, 0.15) is 4.90 Å². The number of aromatic nitrogens is 1. The van der Waals surface area contributed by atoms with Gasteiger partial charge in [0.25, 0.3) is 0 Å². The fourth-order valence-electron chi connectivity index (χ4n) is 2.70.